The zero-order chi connectivity index (χ0) is 22.7. The topological polar surface area (TPSA) is 59.0 Å². The van der Waals surface area contributed by atoms with Gasteiger partial charge in [-0.1, -0.05) is 30.3 Å². The molecule has 0 amide bonds. The molecule has 2 aliphatic rings. The third kappa shape index (κ3) is 6.16. The molecule has 1 saturated carbocycles. The monoisotopic (exact) mass is 449 g/mol. The summed E-state index contributed by atoms with van der Waals surface area (Å²) in [4.78, 5) is 13.3. The van der Waals surface area contributed by atoms with Crippen molar-refractivity contribution in [3.8, 4) is 11.5 Å². The van der Waals surface area contributed by atoms with Crippen LogP contribution in [0.5, 0.6) is 11.5 Å². The van der Waals surface area contributed by atoms with E-state index < -0.39 is 12.3 Å². The summed E-state index contributed by atoms with van der Waals surface area (Å²) in [5.74, 6) is 0.515. The minimum absolute atomic E-state index is 0.0224. The average Bonchev–Trinajstić information content (AvgIpc) is 3.53. The van der Waals surface area contributed by atoms with Gasteiger partial charge in [0, 0.05) is 31.1 Å². The number of nitrogens with zero attached hydrogens (tertiary/aromatic N) is 1. The van der Waals surface area contributed by atoms with Crippen molar-refractivity contribution in [2.75, 3.05) is 19.7 Å². The average molecular weight is 449 g/mol. The van der Waals surface area contributed by atoms with Gasteiger partial charge in [-0.15, -0.1) is 13.2 Å². The number of alkyl halides is 3. The number of carboxylic acid groups (broad SMARTS) is 1. The Balaban J connectivity index is 1.27. The summed E-state index contributed by atoms with van der Waals surface area (Å²) in [5, 5.41) is 9.21. The number of likely N-dealkylation sites (tertiary alicyclic amines) is 1. The summed E-state index contributed by atoms with van der Waals surface area (Å²) in [5.41, 5.74) is 1.50. The predicted molar refractivity (Wildman–Crippen MR) is 112 cm³/mol. The first kappa shape index (κ1) is 22.5. The molecule has 1 aliphatic heterocycles. The molecule has 1 saturated heterocycles. The molecule has 4 rings (SSSR count). The first-order chi connectivity index (χ1) is 15.3. The third-order valence-corrected chi connectivity index (χ3v) is 5.98. The zero-order valence-electron chi connectivity index (χ0n) is 17.6. The molecule has 2 aromatic rings. The van der Waals surface area contributed by atoms with Gasteiger partial charge in [-0.25, -0.2) is 0 Å². The number of aliphatic carboxylic acids is 1. The van der Waals surface area contributed by atoms with Gasteiger partial charge in [-0.3, -0.25) is 9.69 Å². The lowest BCUT2D eigenvalue weighted by atomic mass is 9.91. The Bertz CT molecular complexity index is 939. The Morgan fingerprint density at radius 2 is 1.88 bits per heavy atom. The number of para-hydroxylation sites is 1. The maximum absolute atomic E-state index is 12.6. The number of carboxylic acids is 1. The van der Waals surface area contributed by atoms with Crippen LogP contribution in [0.15, 0.2) is 48.5 Å². The second-order valence-electron chi connectivity index (χ2n) is 8.64. The minimum Gasteiger partial charge on any atom is -0.493 e. The quantitative estimate of drug-likeness (QED) is 0.549. The van der Waals surface area contributed by atoms with Crippen molar-refractivity contribution in [2.45, 2.75) is 38.1 Å². The first-order valence-corrected chi connectivity index (χ1v) is 10.8. The first-order valence-electron chi connectivity index (χ1n) is 10.8. The molecule has 0 spiro atoms. The number of ether oxygens (including phenoxy) is 2. The van der Waals surface area contributed by atoms with Crippen molar-refractivity contribution in [3.63, 3.8) is 0 Å². The maximum Gasteiger partial charge on any atom is 0.573 e. The van der Waals surface area contributed by atoms with E-state index in [0.29, 0.717) is 24.6 Å². The van der Waals surface area contributed by atoms with Gasteiger partial charge in [0.2, 0.25) is 0 Å². The fourth-order valence-electron chi connectivity index (χ4n) is 4.30. The lowest BCUT2D eigenvalue weighted by Gasteiger charge is -2.39. The Labute approximate surface area is 184 Å². The highest BCUT2D eigenvalue weighted by Crippen LogP contribution is 2.45. The minimum atomic E-state index is -4.71. The van der Waals surface area contributed by atoms with E-state index in [4.69, 9.17) is 4.74 Å². The fraction of sp³-hybridized carbons (Fsp3) is 0.458. The molecule has 0 bridgehead atoms. The number of hydrogen-bond donors (Lipinski definition) is 1. The van der Waals surface area contributed by atoms with Crippen molar-refractivity contribution in [2.24, 2.45) is 11.8 Å². The standard InChI is InChI=1S/C24H26F3NO4/c25-24(26,27)32-22-7-2-1-4-19(22)14-28-12-16(13-28)15-31-20-6-3-5-18(10-20)21(11-23(29)30)17-8-9-17/h1-7,10,16-17,21H,8-9,11-15H2,(H,29,30)/t21-/m0/s1. The van der Waals surface area contributed by atoms with Gasteiger partial charge in [-0.05, 0) is 48.4 Å². The van der Waals surface area contributed by atoms with E-state index in [9.17, 15) is 23.1 Å². The van der Waals surface area contributed by atoms with E-state index in [-0.39, 0.29) is 24.0 Å². The van der Waals surface area contributed by atoms with Crippen LogP contribution < -0.4 is 9.47 Å². The Hall–Kier alpha value is -2.74. The normalized spacial score (nSPS) is 18.1. The SMILES string of the molecule is O=C(O)C[C@H](c1cccc(OCC2CN(Cc3ccccc3OC(F)(F)F)C2)c1)C1CC1. The van der Waals surface area contributed by atoms with Gasteiger partial charge in [0.25, 0.3) is 0 Å². The molecule has 0 unspecified atom stereocenters. The molecule has 0 radical (unpaired) electrons. The van der Waals surface area contributed by atoms with Crippen LogP contribution in [0.1, 0.15) is 36.3 Å². The maximum atomic E-state index is 12.6. The Kier molecular flexibility index (Phi) is 6.60. The van der Waals surface area contributed by atoms with Gasteiger partial charge < -0.3 is 14.6 Å². The molecule has 8 heteroatoms. The van der Waals surface area contributed by atoms with Crippen molar-refractivity contribution in [1.82, 2.24) is 4.90 Å². The van der Waals surface area contributed by atoms with Crippen molar-refractivity contribution in [1.29, 1.82) is 0 Å². The van der Waals surface area contributed by atoms with Crippen LogP contribution >= 0.6 is 0 Å². The summed E-state index contributed by atoms with van der Waals surface area (Å²) in [6.45, 7) is 2.34. The van der Waals surface area contributed by atoms with Gasteiger partial charge in [-0.2, -0.15) is 0 Å². The van der Waals surface area contributed by atoms with E-state index in [0.717, 1.165) is 37.2 Å². The van der Waals surface area contributed by atoms with Crippen molar-refractivity contribution >= 4 is 5.97 Å². The molecule has 0 aromatic heterocycles. The van der Waals surface area contributed by atoms with Crippen LogP contribution in [-0.2, 0) is 11.3 Å². The summed E-state index contributed by atoms with van der Waals surface area (Å²) in [6.07, 6.45) is -2.44. The van der Waals surface area contributed by atoms with Crippen LogP contribution in [-0.4, -0.2) is 42.0 Å². The highest BCUT2D eigenvalue weighted by molar-refractivity contribution is 5.68. The Morgan fingerprint density at radius 3 is 2.56 bits per heavy atom. The summed E-state index contributed by atoms with van der Waals surface area (Å²) < 4.78 is 47.8. The van der Waals surface area contributed by atoms with Crippen LogP contribution in [0.25, 0.3) is 0 Å². The van der Waals surface area contributed by atoms with E-state index in [2.05, 4.69) is 9.64 Å². The van der Waals surface area contributed by atoms with Crippen LogP contribution in [0, 0.1) is 11.8 Å². The fourth-order valence-corrected chi connectivity index (χ4v) is 4.30. The van der Waals surface area contributed by atoms with Gasteiger partial charge in [0.1, 0.15) is 11.5 Å². The summed E-state index contributed by atoms with van der Waals surface area (Å²) in [6, 6.07) is 13.9. The molecule has 1 N–H and O–H groups in total. The Morgan fingerprint density at radius 1 is 1.12 bits per heavy atom. The molecule has 172 valence electrons. The van der Waals surface area contributed by atoms with Crippen LogP contribution in [0.4, 0.5) is 13.2 Å². The second-order valence-corrected chi connectivity index (χ2v) is 8.64. The highest BCUT2D eigenvalue weighted by atomic mass is 19.4. The van der Waals surface area contributed by atoms with E-state index in [1.165, 1.54) is 12.1 Å². The van der Waals surface area contributed by atoms with Crippen molar-refractivity contribution < 1.29 is 32.5 Å². The molecule has 2 fully saturated rings. The van der Waals surface area contributed by atoms with Gasteiger partial charge in [0.05, 0.1) is 13.0 Å². The number of hydrogen-bond acceptors (Lipinski definition) is 4. The van der Waals surface area contributed by atoms with Crippen molar-refractivity contribution in [3.05, 3.63) is 59.7 Å². The summed E-state index contributed by atoms with van der Waals surface area (Å²) >= 11 is 0. The smallest absolute Gasteiger partial charge is 0.493 e. The van der Waals surface area contributed by atoms with Crippen LogP contribution in [0.3, 0.4) is 0 Å². The number of benzene rings is 2. The molecule has 1 aliphatic carbocycles. The molecule has 1 atom stereocenters. The molecule has 1 heterocycles. The molecular formula is C24H26F3NO4. The molecule has 5 nitrogen and oxygen atoms in total. The summed E-state index contributed by atoms with van der Waals surface area (Å²) in [7, 11) is 0. The van der Waals surface area contributed by atoms with E-state index in [1.807, 2.05) is 24.3 Å². The molecule has 2 aromatic carbocycles. The molecular weight excluding hydrogens is 423 g/mol. The third-order valence-electron chi connectivity index (χ3n) is 5.98. The number of rotatable bonds is 10. The zero-order valence-corrected chi connectivity index (χ0v) is 17.6. The molecule has 32 heavy (non-hydrogen) atoms. The lowest BCUT2D eigenvalue weighted by Crippen LogP contribution is -2.48. The number of carbonyl (C=O) groups is 1. The van der Waals surface area contributed by atoms with Gasteiger partial charge in [0.15, 0.2) is 0 Å². The van der Waals surface area contributed by atoms with Gasteiger partial charge >= 0.3 is 12.3 Å². The largest absolute Gasteiger partial charge is 0.573 e. The second kappa shape index (κ2) is 9.40. The number of halogens is 3. The van der Waals surface area contributed by atoms with E-state index in [1.54, 1.807) is 12.1 Å². The lowest BCUT2D eigenvalue weighted by molar-refractivity contribution is -0.275. The predicted octanol–water partition coefficient (Wildman–Crippen LogP) is 5.06. The highest BCUT2D eigenvalue weighted by Gasteiger charge is 2.35. The van der Waals surface area contributed by atoms with Crippen LogP contribution in [0.2, 0.25) is 0 Å². The van der Waals surface area contributed by atoms with E-state index >= 15 is 0 Å².